The predicted molar refractivity (Wildman–Crippen MR) is 77.7 cm³/mol. The maximum Gasteiger partial charge on any atom is 0.229 e. The third-order valence-electron chi connectivity index (χ3n) is 4.21. The van der Waals surface area contributed by atoms with Crippen molar-refractivity contribution in [3.05, 3.63) is 35.4 Å². The molecule has 104 valence electrons. The molecule has 1 unspecified atom stereocenters. The van der Waals surface area contributed by atoms with Gasteiger partial charge in [-0.25, -0.2) is 0 Å². The number of fused-ring (bicyclic) bond motifs is 1. The van der Waals surface area contributed by atoms with Crippen LogP contribution in [-0.4, -0.2) is 24.4 Å². The Hall–Kier alpha value is -1.35. The van der Waals surface area contributed by atoms with Crippen LogP contribution >= 0.6 is 0 Å². The van der Waals surface area contributed by atoms with E-state index in [1.54, 1.807) is 0 Å². The first-order valence-corrected chi connectivity index (χ1v) is 7.02. The highest BCUT2D eigenvalue weighted by Gasteiger charge is 2.34. The molecule has 19 heavy (non-hydrogen) atoms. The predicted octanol–water partition coefficient (Wildman–Crippen LogP) is 2.51. The summed E-state index contributed by atoms with van der Waals surface area (Å²) >= 11 is 0. The van der Waals surface area contributed by atoms with Gasteiger partial charge in [-0.1, -0.05) is 24.3 Å². The van der Waals surface area contributed by atoms with Gasteiger partial charge in [-0.3, -0.25) is 4.79 Å². The number of aryl methyl sites for hydroxylation is 1. The standard InChI is InChI=1S/C16H24N2O/c1-16(2,11-17)15(19)18(3)14-10-6-8-12-7-4-5-9-13(12)14/h4-5,7,9,14H,6,8,10-11,17H2,1-3H3. The maximum absolute atomic E-state index is 12.6. The number of rotatable bonds is 3. The second-order valence-corrected chi connectivity index (χ2v) is 6.11. The zero-order chi connectivity index (χ0) is 14.0. The van der Waals surface area contributed by atoms with Gasteiger partial charge in [0.2, 0.25) is 5.91 Å². The number of nitrogens with zero attached hydrogens (tertiary/aromatic N) is 1. The molecule has 0 saturated carbocycles. The molecule has 0 aromatic heterocycles. The summed E-state index contributed by atoms with van der Waals surface area (Å²) < 4.78 is 0. The molecule has 1 atom stereocenters. The van der Waals surface area contributed by atoms with Crippen molar-refractivity contribution in [1.82, 2.24) is 4.90 Å². The van der Waals surface area contributed by atoms with Crippen molar-refractivity contribution in [2.45, 2.75) is 39.2 Å². The number of benzene rings is 1. The van der Waals surface area contributed by atoms with Crippen LogP contribution in [0.5, 0.6) is 0 Å². The molecule has 0 heterocycles. The lowest BCUT2D eigenvalue weighted by Crippen LogP contribution is -2.45. The molecule has 0 bridgehead atoms. The minimum Gasteiger partial charge on any atom is -0.338 e. The van der Waals surface area contributed by atoms with E-state index in [9.17, 15) is 4.79 Å². The average Bonchev–Trinajstić information content (AvgIpc) is 2.45. The molecule has 3 nitrogen and oxygen atoms in total. The smallest absolute Gasteiger partial charge is 0.229 e. The minimum absolute atomic E-state index is 0.136. The summed E-state index contributed by atoms with van der Waals surface area (Å²) in [5.41, 5.74) is 7.92. The monoisotopic (exact) mass is 260 g/mol. The van der Waals surface area contributed by atoms with Crippen LogP contribution in [0.25, 0.3) is 0 Å². The molecule has 0 fully saturated rings. The maximum atomic E-state index is 12.6. The summed E-state index contributed by atoms with van der Waals surface area (Å²) in [6.45, 7) is 4.21. The van der Waals surface area contributed by atoms with Gasteiger partial charge in [0, 0.05) is 13.6 Å². The van der Waals surface area contributed by atoms with E-state index in [4.69, 9.17) is 5.73 Å². The van der Waals surface area contributed by atoms with Crippen LogP contribution < -0.4 is 5.73 Å². The Morgan fingerprint density at radius 2 is 2.11 bits per heavy atom. The molecule has 1 aromatic rings. The van der Waals surface area contributed by atoms with Gasteiger partial charge in [-0.2, -0.15) is 0 Å². The van der Waals surface area contributed by atoms with Gasteiger partial charge in [0.1, 0.15) is 0 Å². The number of carbonyl (C=O) groups excluding carboxylic acids is 1. The Balaban J connectivity index is 2.26. The van der Waals surface area contributed by atoms with Crippen LogP contribution in [0, 0.1) is 5.41 Å². The van der Waals surface area contributed by atoms with Crippen LogP contribution in [0.4, 0.5) is 0 Å². The number of hydrogen-bond donors (Lipinski definition) is 1. The van der Waals surface area contributed by atoms with E-state index in [1.165, 1.54) is 11.1 Å². The first-order valence-electron chi connectivity index (χ1n) is 7.02. The Morgan fingerprint density at radius 1 is 1.42 bits per heavy atom. The first kappa shape index (κ1) is 14.1. The van der Waals surface area contributed by atoms with Crippen LogP contribution in [-0.2, 0) is 11.2 Å². The van der Waals surface area contributed by atoms with E-state index < -0.39 is 5.41 Å². The number of hydrogen-bond acceptors (Lipinski definition) is 2. The zero-order valence-corrected chi connectivity index (χ0v) is 12.1. The number of nitrogens with two attached hydrogens (primary N) is 1. The molecular weight excluding hydrogens is 236 g/mol. The van der Waals surface area contributed by atoms with E-state index in [1.807, 2.05) is 25.8 Å². The second-order valence-electron chi connectivity index (χ2n) is 6.11. The Morgan fingerprint density at radius 3 is 2.79 bits per heavy atom. The van der Waals surface area contributed by atoms with Crippen molar-refractivity contribution < 1.29 is 4.79 Å². The van der Waals surface area contributed by atoms with Gasteiger partial charge in [0.25, 0.3) is 0 Å². The molecule has 3 heteroatoms. The fourth-order valence-corrected chi connectivity index (χ4v) is 2.84. The highest BCUT2D eigenvalue weighted by molar-refractivity contribution is 5.82. The average molecular weight is 260 g/mol. The summed E-state index contributed by atoms with van der Waals surface area (Å²) in [4.78, 5) is 14.4. The summed E-state index contributed by atoms with van der Waals surface area (Å²) in [5.74, 6) is 0.136. The van der Waals surface area contributed by atoms with E-state index >= 15 is 0 Å². The van der Waals surface area contributed by atoms with Crippen LogP contribution in [0.2, 0.25) is 0 Å². The summed E-state index contributed by atoms with van der Waals surface area (Å²) in [5, 5.41) is 0. The van der Waals surface area contributed by atoms with Gasteiger partial charge in [0.15, 0.2) is 0 Å². The lowest BCUT2D eigenvalue weighted by Gasteiger charge is -2.37. The van der Waals surface area contributed by atoms with Crippen molar-refractivity contribution >= 4 is 5.91 Å². The Bertz CT molecular complexity index is 468. The van der Waals surface area contributed by atoms with Crippen molar-refractivity contribution in [1.29, 1.82) is 0 Å². The fourth-order valence-electron chi connectivity index (χ4n) is 2.84. The van der Waals surface area contributed by atoms with Gasteiger partial charge in [-0.15, -0.1) is 0 Å². The molecule has 0 radical (unpaired) electrons. The van der Waals surface area contributed by atoms with Gasteiger partial charge < -0.3 is 10.6 Å². The van der Waals surface area contributed by atoms with Crippen LogP contribution in [0.3, 0.4) is 0 Å². The molecule has 1 aliphatic rings. The third kappa shape index (κ3) is 2.66. The van der Waals surface area contributed by atoms with Crippen molar-refractivity contribution in [2.75, 3.05) is 13.6 Å². The molecular formula is C16H24N2O. The van der Waals surface area contributed by atoms with Crippen molar-refractivity contribution in [3.63, 3.8) is 0 Å². The largest absolute Gasteiger partial charge is 0.338 e. The topological polar surface area (TPSA) is 46.3 Å². The van der Waals surface area contributed by atoms with E-state index in [-0.39, 0.29) is 11.9 Å². The van der Waals surface area contributed by atoms with Crippen molar-refractivity contribution in [2.24, 2.45) is 11.1 Å². The van der Waals surface area contributed by atoms with E-state index in [0.29, 0.717) is 6.54 Å². The van der Waals surface area contributed by atoms with Crippen molar-refractivity contribution in [3.8, 4) is 0 Å². The number of amides is 1. The molecule has 0 aliphatic heterocycles. The SMILES string of the molecule is CN(C(=O)C(C)(C)CN)C1CCCc2ccccc21. The van der Waals surface area contributed by atoms with Crippen LogP contribution in [0.15, 0.2) is 24.3 Å². The fraction of sp³-hybridized carbons (Fsp3) is 0.562. The molecule has 0 spiro atoms. The zero-order valence-electron chi connectivity index (χ0n) is 12.1. The minimum atomic E-state index is -0.485. The second kappa shape index (κ2) is 5.33. The lowest BCUT2D eigenvalue weighted by atomic mass is 9.85. The number of carbonyl (C=O) groups is 1. The molecule has 1 aliphatic carbocycles. The summed E-state index contributed by atoms with van der Waals surface area (Å²) in [7, 11) is 1.91. The first-order chi connectivity index (χ1) is 8.97. The van der Waals surface area contributed by atoms with Gasteiger partial charge in [0.05, 0.1) is 11.5 Å². The highest BCUT2D eigenvalue weighted by atomic mass is 16.2. The van der Waals surface area contributed by atoms with Gasteiger partial charge >= 0.3 is 0 Å². The van der Waals surface area contributed by atoms with E-state index in [2.05, 4.69) is 24.3 Å². The third-order valence-corrected chi connectivity index (χ3v) is 4.21. The lowest BCUT2D eigenvalue weighted by molar-refractivity contribution is -0.141. The molecule has 1 aromatic carbocycles. The van der Waals surface area contributed by atoms with E-state index in [0.717, 1.165) is 19.3 Å². The molecule has 0 saturated heterocycles. The Kier molecular flexibility index (Phi) is 3.95. The quantitative estimate of drug-likeness (QED) is 0.907. The summed E-state index contributed by atoms with van der Waals surface area (Å²) in [6, 6.07) is 8.66. The Labute approximate surface area is 115 Å². The molecule has 2 rings (SSSR count). The van der Waals surface area contributed by atoms with Gasteiger partial charge in [-0.05, 0) is 44.2 Å². The normalized spacial score (nSPS) is 18.8. The van der Waals surface area contributed by atoms with Crippen LogP contribution in [0.1, 0.15) is 43.9 Å². The highest BCUT2D eigenvalue weighted by Crippen LogP contribution is 2.35. The summed E-state index contributed by atoms with van der Waals surface area (Å²) in [6.07, 6.45) is 3.30. The molecule has 2 N–H and O–H groups in total. The molecule has 1 amide bonds.